The van der Waals surface area contributed by atoms with Gasteiger partial charge in [-0.3, -0.25) is 4.79 Å². The molecular formula is C6HF2NO. The maximum atomic E-state index is 12.3. The summed E-state index contributed by atoms with van der Waals surface area (Å²) in [5.74, 6) is -1.94. The molecule has 0 fully saturated rings. The van der Waals surface area contributed by atoms with Crippen molar-refractivity contribution in [2.24, 2.45) is 0 Å². The summed E-state index contributed by atoms with van der Waals surface area (Å²) >= 11 is 0. The molecule has 0 radical (unpaired) electrons. The predicted molar refractivity (Wildman–Crippen MR) is 30.3 cm³/mol. The van der Waals surface area contributed by atoms with Gasteiger partial charge < -0.3 is 0 Å². The molecule has 0 spiro atoms. The molecule has 0 aliphatic carbocycles. The minimum absolute atomic E-state index is 0.0681. The van der Waals surface area contributed by atoms with Crippen molar-refractivity contribution < 1.29 is 8.78 Å². The van der Waals surface area contributed by atoms with Gasteiger partial charge in [-0.2, -0.15) is 13.8 Å². The minimum Gasteiger partial charge on any atom is -0.288 e. The Labute approximate surface area is 53.8 Å². The number of aromatic nitrogens is 1. The molecule has 0 saturated heterocycles. The summed E-state index contributed by atoms with van der Waals surface area (Å²) < 4.78 is 24.4. The van der Waals surface area contributed by atoms with Crippen LogP contribution in [0, 0.1) is 11.9 Å². The predicted octanol–water partition coefficient (Wildman–Crippen LogP) is 0.749. The van der Waals surface area contributed by atoms with E-state index in [0.29, 0.717) is 0 Å². The van der Waals surface area contributed by atoms with Crippen LogP contribution in [0.1, 0.15) is 0 Å². The summed E-state index contributed by atoms with van der Waals surface area (Å²) in [7, 11) is 0. The second-order valence-electron chi connectivity index (χ2n) is 1.99. The van der Waals surface area contributed by atoms with E-state index < -0.39 is 17.3 Å². The molecule has 0 aliphatic rings. The monoisotopic (exact) mass is 141 g/mol. The lowest BCUT2D eigenvalue weighted by atomic mass is 10.5. The zero-order valence-corrected chi connectivity index (χ0v) is 4.69. The summed E-state index contributed by atoms with van der Waals surface area (Å²) in [6, 6.07) is 0.931. The van der Waals surface area contributed by atoms with Crippen molar-refractivity contribution in [3.8, 4) is 0 Å². The van der Waals surface area contributed by atoms with Crippen molar-refractivity contribution in [1.82, 2.24) is 4.98 Å². The van der Waals surface area contributed by atoms with Crippen LogP contribution in [-0.2, 0) is 0 Å². The molecule has 0 aliphatic heterocycles. The average Bonchev–Trinajstić information content (AvgIpc) is 2.42. The molecule has 1 aromatic carbocycles. The van der Waals surface area contributed by atoms with Gasteiger partial charge in [-0.05, 0) is 0 Å². The molecule has 0 atom stereocenters. The second kappa shape index (κ2) is 1.39. The van der Waals surface area contributed by atoms with Crippen molar-refractivity contribution in [3.05, 3.63) is 28.2 Å². The number of rotatable bonds is 0. The van der Waals surface area contributed by atoms with Crippen LogP contribution in [0.4, 0.5) is 8.78 Å². The van der Waals surface area contributed by atoms with Gasteiger partial charge in [0.05, 0.1) is 5.39 Å². The fourth-order valence-corrected chi connectivity index (χ4v) is 0.827. The summed E-state index contributed by atoms with van der Waals surface area (Å²) in [4.78, 5) is 13.3. The third-order valence-corrected chi connectivity index (χ3v) is 1.35. The van der Waals surface area contributed by atoms with Crippen LogP contribution >= 0.6 is 0 Å². The van der Waals surface area contributed by atoms with Crippen LogP contribution in [0.15, 0.2) is 10.9 Å². The highest BCUT2D eigenvalue weighted by molar-refractivity contribution is 5.96. The molecule has 0 bridgehead atoms. The first kappa shape index (κ1) is 5.46. The lowest BCUT2D eigenvalue weighted by Gasteiger charge is -1.81. The van der Waals surface area contributed by atoms with Crippen LogP contribution < -0.4 is 5.43 Å². The van der Waals surface area contributed by atoms with Gasteiger partial charge in [0.2, 0.25) is 11.9 Å². The quantitative estimate of drug-likeness (QED) is 0.506. The van der Waals surface area contributed by atoms with Gasteiger partial charge in [0, 0.05) is 11.5 Å². The molecule has 2 nitrogen and oxygen atoms in total. The van der Waals surface area contributed by atoms with Crippen molar-refractivity contribution >= 4 is 10.8 Å². The number of hydrogen-bond donors (Lipinski definition) is 0. The highest BCUT2D eigenvalue weighted by Gasteiger charge is 2.19. The highest BCUT2D eigenvalue weighted by atomic mass is 19.1. The smallest absolute Gasteiger partial charge is 0.227 e. The van der Waals surface area contributed by atoms with Crippen LogP contribution in [0.2, 0.25) is 0 Å². The average molecular weight is 141 g/mol. The van der Waals surface area contributed by atoms with Crippen LogP contribution in [0.25, 0.3) is 10.8 Å². The molecule has 0 N–H and O–H groups in total. The van der Waals surface area contributed by atoms with E-state index in [1.165, 1.54) is 0 Å². The van der Waals surface area contributed by atoms with Gasteiger partial charge in [-0.15, -0.1) is 0 Å². The Morgan fingerprint density at radius 2 is 2.10 bits per heavy atom. The van der Waals surface area contributed by atoms with Crippen molar-refractivity contribution in [2.75, 3.05) is 0 Å². The molecule has 0 amide bonds. The Hall–Kier alpha value is -1.32. The van der Waals surface area contributed by atoms with Gasteiger partial charge in [0.25, 0.3) is 0 Å². The molecule has 2 aromatic rings. The lowest BCUT2D eigenvalue weighted by molar-refractivity contribution is 0.524. The summed E-state index contributed by atoms with van der Waals surface area (Å²) in [6.45, 7) is 0. The summed E-state index contributed by atoms with van der Waals surface area (Å²) in [6.07, 6.45) is 0. The number of hydrogen-bond acceptors (Lipinski definition) is 2. The molecule has 50 valence electrons. The molecule has 4 heteroatoms. The first-order valence-electron chi connectivity index (χ1n) is 2.61. The fourth-order valence-electron chi connectivity index (χ4n) is 0.827. The topological polar surface area (TPSA) is 30.0 Å². The SMILES string of the molecule is O=c1c2cc(F)nc(F)c12. The zero-order chi connectivity index (χ0) is 7.30. The van der Waals surface area contributed by atoms with E-state index in [-0.39, 0.29) is 10.8 Å². The third kappa shape index (κ3) is 0.504. The Morgan fingerprint density at radius 3 is 2.70 bits per heavy atom. The minimum atomic E-state index is -1.000. The van der Waals surface area contributed by atoms with Gasteiger partial charge in [0.1, 0.15) is 0 Å². The van der Waals surface area contributed by atoms with Gasteiger partial charge in [-0.25, -0.2) is 0 Å². The van der Waals surface area contributed by atoms with E-state index >= 15 is 0 Å². The highest BCUT2D eigenvalue weighted by Crippen LogP contribution is 2.16. The van der Waals surface area contributed by atoms with Gasteiger partial charge in [0.15, 0.2) is 5.43 Å². The van der Waals surface area contributed by atoms with E-state index in [2.05, 4.69) is 4.98 Å². The standard InChI is InChI=1S/C6HF2NO/c7-3-1-2-4(5(2)10)6(8)9-3/h1H. The Balaban J connectivity index is 2.91. The molecule has 0 unspecified atom stereocenters. The number of nitrogens with zero attached hydrogens (tertiary/aromatic N) is 1. The fraction of sp³-hybridized carbons (Fsp3) is 0. The summed E-state index contributed by atoms with van der Waals surface area (Å²) in [5.41, 5.74) is -0.436. The molecule has 10 heavy (non-hydrogen) atoms. The molecular weight excluding hydrogens is 140 g/mol. The molecule has 1 heterocycles. The van der Waals surface area contributed by atoms with E-state index in [1.54, 1.807) is 0 Å². The molecule has 1 aromatic heterocycles. The van der Waals surface area contributed by atoms with E-state index in [0.717, 1.165) is 6.07 Å². The van der Waals surface area contributed by atoms with Crippen molar-refractivity contribution in [3.63, 3.8) is 0 Å². The zero-order valence-electron chi connectivity index (χ0n) is 4.69. The van der Waals surface area contributed by atoms with Gasteiger partial charge in [-0.1, -0.05) is 0 Å². The van der Waals surface area contributed by atoms with Gasteiger partial charge >= 0.3 is 0 Å². The maximum Gasteiger partial charge on any atom is 0.227 e. The number of pyridine rings is 1. The van der Waals surface area contributed by atoms with Crippen molar-refractivity contribution in [2.45, 2.75) is 0 Å². The maximum absolute atomic E-state index is 12.3. The van der Waals surface area contributed by atoms with Crippen LogP contribution in [0.3, 0.4) is 0 Å². The first-order chi connectivity index (χ1) is 4.70. The Bertz CT molecular complexity index is 414. The van der Waals surface area contributed by atoms with Crippen molar-refractivity contribution in [1.29, 1.82) is 0 Å². The number of fused-ring (bicyclic) bond motifs is 1. The Kier molecular flexibility index (Phi) is 0.762. The molecule has 2 rings (SSSR count). The Morgan fingerprint density at radius 1 is 1.40 bits per heavy atom. The second-order valence-corrected chi connectivity index (χ2v) is 1.99. The molecule has 0 saturated carbocycles. The normalized spacial score (nSPS) is 11.4. The number of halogens is 2. The van der Waals surface area contributed by atoms with E-state index in [1.807, 2.05) is 0 Å². The largest absolute Gasteiger partial charge is 0.288 e. The lowest BCUT2D eigenvalue weighted by Crippen LogP contribution is -1.82. The van der Waals surface area contributed by atoms with Crippen LogP contribution in [0.5, 0.6) is 0 Å². The van der Waals surface area contributed by atoms with E-state index in [9.17, 15) is 13.6 Å². The van der Waals surface area contributed by atoms with Crippen LogP contribution in [-0.4, -0.2) is 4.98 Å². The third-order valence-electron chi connectivity index (χ3n) is 1.35. The first-order valence-corrected chi connectivity index (χ1v) is 2.61. The van der Waals surface area contributed by atoms with E-state index in [4.69, 9.17) is 0 Å². The summed E-state index contributed by atoms with van der Waals surface area (Å²) in [5, 5.41) is 0.0476.